The third-order valence-corrected chi connectivity index (χ3v) is 2.46. The highest BCUT2D eigenvalue weighted by molar-refractivity contribution is 9.10. The molecule has 0 aliphatic rings. The van der Waals surface area contributed by atoms with Crippen LogP contribution >= 0.6 is 15.9 Å². The molecule has 1 atom stereocenters. The Balaban J connectivity index is 2.77. The monoisotopic (exact) mass is 274 g/mol. The summed E-state index contributed by atoms with van der Waals surface area (Å²) in [6.07, 6.45) is -0.542. The summed E-state index contributed by atoms with van der Waals surface area (Å²) < 4.78 is 11.3. The van der Waals surface area contributed by atoms with Crippen LogP contribution in [-0.2, 0) is 4.74 Å². The lowest BCUT2D eigenvalue weighted by Crippen LogP contribution is -2.06. The maximum atomic E-state index is 9.55. The second-order valence-corrected chi connectivity index (χ2v) is 4.12. The van der Waals surface area contributed by atoms with Crippen molar-refractivity contribution in [3.63, 3.8) is 0 Å². The molecule has 0 saturated carbocycles. The number of rotatable bonds is 5. The molecule has 0 radical (unpaired) electrons. The molecule has 0 aliphatic heterocycles. The van der Waals surface area contributed by atoms with Crippen molar-refractivity contribution in [1.29, 1.82) is 0 Å². The Labute approximate surface area is 98.1 Å². The van der Waals surface area contributed by atoms with E-state index in [1.54, 1.807) is 14.0 Å². The van der Waals surface area contributed by atoms with E-state index in [4.69, 9.17) is 9.47 Å². The summed E-state index contributed by atoms with van der Waals surface area (Å²) in [6, 6.07) is 5.57. The summed E-state index contributed by atoms with van der Waals surface area (Å²) in [4.78, 5) is 0. The molecule has 0 fully saturated rings. The lowest BCUT2D eigenvalue weighted by atomic mass is 10.1. The molecular formula is C11H15BrO3. The van der Waals surface area contributed by atoms with Crippen molar-refractivity contribution in [3.05, 3.63) is 28.2 Å². The number of ether oxygens (including phenoxy) is 2. The average Bonchev–Trinajstić information content (AvgIpc) is 2.20. The summed E-state index contributed by atoms with van der Waals surface area (Å²) in [6.45, 7) is 2.73. The van der Waals surface area contributed by atoms with Gasteiger partial charge in [-0.3, -0.25) is 0 Å². The van der Waals surface area contributed by atoms with Gasteiger partial charge in [-0.1, -0.05) is 15.9 Å². The maximum absolute atomic E-state index is 9.55. The van der Waals surface area contributed by atoms with Crippen molar-refractivity contribution in [2.45, 2.75) is 13.0 Å². The van der Waals surface area contributed by atoms with Crippen LogP contribution in [0.1, 0.15) is 18.6 Å². The summed E-state index contributed by atoms with van der Waals surface area (Å²) in [5, 5.41) is 9.55. The van der Waals surface area contributed by atoms with Crippen LogP contribution in [0.4, 0.5) is 0 Å². The largest absolute Gasteiger partial charge is 0.491 e. The van der Waals surface area contributed by atoms with Crippen LogP contribution in [0.3, 0.4) is 0 Å². The standard InChI is InChI=1S/C11H15BrO3/c1-8(13)10-7-9(12)3-4-11(10)15-6-5-14-2/h3-4,7-8,13H,5-6H2,1-2H3/t8-/m1/s1. The highest BCUT2D eigenvalue weighted by atomic mass is 79.9. The Bertz CT molecular complexity index is 313. The van der Waals surface area contributed by atoms with E-state index in [-0.39, 0.29) is 0 Å². The normalized spacial score (nSPS) is 12.5. The predicted molar refractivity (Wildman–Crippen MR) is 62.1 cm³/mol. The van der Waals surface area contributed by atoms with E-state index in [1.165, 1.54) is 0 Å². The SMILES string of the molecule is COCCOc1ccc(Br)cc1[C@@H](C)O. The van der Waals surface area contributed by atoms with E-state index >= 15 is 0 Å². The Hall–Kier alpha value is -0.580. The molecule has 1 aromatic carbocycles. The molecule has 0 aliphatic carbocycles. The van der Waals surface area contributed by atoms with E-state index in [0.29, 0.717) is 19.0 Å². The third-order valence-electron chi connectivity index (χ3n) is 1.97. The van der Waals surface area contributed by atoms with Crippen LogP contribution in [0.15, 0.2) is 22.7 Å². The number of aliphatic hydroxyl groups is 1. The van der Waals surface area contributed by atoms with E-state index < -0.39 is 6.10 Å². The van der Waals surface area contributed by atoms with Crippen LogP contribution in [0.5, 0.6) is 5.75 Å². The fourth-order valence-corrected chi connectivity index (χ4v) is 1.59. The molecule has 1 N–H and O–H groups in total. The first kappa shape index (κ1) is 12.5. The number of halogens is 1. The first-order valence-corrected chi connectivity index (χ1v) is 5.53. The third kappa shape index (κ3) is 3.81. The molecule has 0 bridgehead atoms. The highest BCUT2D eigenvalue weighted by Crippen LogP contribution is 2.28. The maximum Gasteiger partial charge on any atom is 0.125 e. The lowest BCUT2D eigenvalue weighted by Gasteiger charge is -2.13. The Morgan fingerprint density at radius 2 is 2.13 bits per heavy atom. The van der Waals surface area contributed by atoms with Crippen LogP contribution in [0.2, 0.25) is 0 Å². The van der Waals surface area contributed by atoms with Gasteiger partial charge in [0.1, 0.15) is 12.4 Å². The molecule has 0 amide bonds. The van der Waals surface area contributed by atoms with Crippen molar-refractivity contribution in [2.24, 2.45) is 0 Å². The number of hydrogen-bond donors (Lipinski definition) is 1. The van der Waals surface area contributed by atoms with Crippen LogP contribution < -0.4 is 4.74 Å². The Morgan fingerprint density at radius 3 is 2.73 bits per heavy atom. The molecule has 0 aromatic heterocycles. The van der Waals surface area contributed by atoms with Gasteiger partial charge in [-0.25, -0.2) is 0 Å². The van der Waals surface area contributed by atoms with Crippen molar-refractivity contribution >= 4 is 15.9 Å². The summed E-state index contributed by atoms with van der Waals surface area (Å²) in [5.74, 6) is 0.699. The zero-order valence-corrected chi connectivity index (χ0v) is 10.5. The van der Waals surface area contributed by atoms with Gasteiger partial charge in [0, 0.05) is 17.1 Å². The molecule has 15 heavy (non-hydrogen) atoms. The molecule has 0 saturated heterocycles. The molecular weight excluding hydrogens is 260 g/mol. The molecule has 0 spiro atoms. The van der Waals surface area contributed by atoms with E-state index in [1.807, 2.05) is 18.2 Å². The van der Waals surface area contributed by atoms with Crippen LogP contribution in [-0.4, -0.2) is 25.4 Å². The Morgan fingerprint density at radius 1 is 1.40 bits per heavy atom. The van der Waals surface area contributed by atoms with Gasteiger partial charge in [-0.05, 0) is 25.1 Å². The average molecular weight is 275 g/mol. The minimum atomic E-state index is -0.542. The predicted octanol–water partition coefficient (Wildman–Crippen LogP) is 2.53. The highest BCUT2D eigenvalue weighted by Gasteiger charge is 2.09. The topological polar surface area (TPSA) is 38.7 Å². The zero-order chi connectivity index (χ0) is 11.3. The van der Waals surface area contributed by atoms with E-state index in [2.05, 4.69) is 15.9 Å². The smallest absolute Gasteiger partial charge is 0.125 e. The first-order valence-electron chi connectivity index (χ1n) is 4.74. The minimum Gasteiger partial charge on any atom is -0.491 e. The van der Waals surface area contributed by atoms with E-state index in [0.717, 1.165) is 10.0 Å². The Kier molecular flexibility index (Phi) is 5.08. The quantitative estimate of drug-likeness (QED) is 0.839. The first-order chi connectivity index (χ1) is 7.15. The van der Waals surface area contributed by atoms with Crippen LogP contribution in [0, 0.1) is 0 Å². The number of methoxy groups -OCH3 is 1. The number of benzene rings is 1. The summed E-state index contributed by atoms with van der Waals surface area (Å²) >= 11 is 3.36. The van der Waals surface area contributed by atoms with Crippen molar-refractivity contribution in [2.75, 3.05) is 20.3 Å². The molecule has 3 nitrogen and oxygen atoms in total. The van der Waals surface area contributed by atoms with Gasteiger partial charge >= 0.3 is 0 Å². The van der Waals surface area contributed by atoms with Crippen molar-refractivity contribution in [3.8, 4) is 5.75 Å². The minimum absolute atomic E-state index is 0.484. The van der Waals surface area contributed by atoms with Gasteiger partial charge in [0.2, 0.25) is 0 Å². The van der Waals surface area contributed by atoms with Gasteiger partial charge in [0.05, 0.1) is 12.7 Å². The molecule has 0 unspecified atom stereocenters. The van der Waals surface area contributed by atoms with Gasteiger partial charge in [0.15, 0.2) is 0 Å². The molecule has 84 valence electrons. The lowest BCUT2D eigenvalue weighted by molar-refractivity contribution is 0.141. The van der Waals surface area contributed by atoms with Crippen molar-refractivity contribution in [1.82, 2.24) is 0 Å². The van der Waals surface area contributed by atoms with Gasteiger partial charge in [-0.2, -0.15) is 0 Å². The van der Waals surface area contributed by atoms with Crippen LogP contribution in [0.25, 0.3) is 0 Å². The van der Waals surface area contributed by atoms with E-state index in [9.17, 15) is 5.11 Å². The van der Waals surface area contributed by atoms with Gasteiger partial charge in [-0.15, -0.1) is 0 Å². The molecule has 1 aromatic rings. The fraction of sp³-hybridized carbons (Fsp3) is 0.455. The summed E-state index contributed by atoms with van der Waals surface area (Å²) in [7, 11) is 1.63. The van der Waals surface area contributed by atoms with Gasteiger partial charge < -0.3 is 14.6 Å². The second kappa shape index (κ2) is 6.10. The zero-order valence-electron chi connectivity index (χ0n) is 8.87. The molecule has 1 rings (SSSR count). The number of aliphatic hydroxyl groups excluding tert-OH is 1. The molecule has 0 heterocycles. The fourth-order valence-electron chi connectivity index (χ4n) is 1.21. The molecule has 4 heteroatoms. The second-order valence-electron chi connectivity index (χ2n) is 3.20. The van der Waals surface area contributed by atoms with Crippen molar-refractivity contribution < 1.29 is 14.6 Å². The summed E-state index contributed by atoms with van der Waals surface area (Å²) in [5.41, 5.74) is 0.778. The van der Waals surface area contributed by atoms with Gasteiger partial charge in [0.25, 0.3) is 0 Å². The number of hydrogen-bond acceptors (Lipinski definition) is 3.